The van der Waals surface area contributed by atoms with Gasteiger partial charge in [0.15, 0.2) is 0 Å². The van der Waals surface area contributed by atoms with Crippen molar-refractivity contribution in [3.8, 4) is 6.07 Å². The molecule has 2 N–H and O–H groups in total. The van der Waals surface area contributed by atoms with Crippen LogP contribution in [-0.4, -0.2) is 24.5 Å². The number of nitriles is 1. The summed E-state index contributed by atoms with van der Waals surface area (Å²) in [4.78, 5) is 11.6. The van der Waals surface area contributed by atoms with Crippen molar-refractivity contribution >= 4 is 5.91 Å². The van der Waals surface area contributed by atoms with Crippen LogP contribution in [-0.2, 0) is 4.79 Å². The second-order valence-corrected chi connectivity index (χ2v) is 3.90. The zero-order chi connectivity index (χ0) is 11.2. The van der Waals surface area contributed by atoms with E-state index in [9.17, 15) is 4.79 Å². The lowest BCUT2D eigenvalue weighted by Crippen LogP contribution is -2.53. The first kappa shape index (κ1) is 12.9. The van der Waals surface area contributed by atoms with Gasteiger partial charge in [0.05, 0.1) is 17.5 Å². The molecule has 0 fully saturated rings. The Kier molecular flexibility index (Phi) is 5.18. The van der Waals surface area contributed by atoms with Crippen LogP contribution in [0.2, 0.25) is 0 Å². The van der Waals surface area contributed by atoms with E-state index in [0.29, 0.717) is 6.54 Å². The van der Waals surface area contributed by atoms with Gasteiger partial charge in [0.2, 0.25) is 5.91 Å². The second-order valence-electron chi connectivity index (χ2n) is 3.90. The first-order chi connectivity index (χ1) is 6.44. The van der Waals surface area contributed by atoms with E-state index in [2.05, 4.69) is 16.7 Å². The topological polar surface area (TPSA) is 64.9 Å². The third-order valence-corrected chi connectivity index (χ3v) is 1.98. The summed E-state index contributed by atoms with van der Waals surface area (Å²) in [5, 5.41) is 14.3. The van der Waals surface area contributed by atoms with Crippen LogP contribution in [0.5, 0.6) is 0 Å². The first-order valence-electron chi connectivity index (χ1n) is 4.87. The van der Waals surface area contributed by atoms with Crippen LogP contribution in [0.3, 0.4) is 0 Å². The van der Waals surface area contributed by atoms with Gasteiger partial charge < -0.3 is 10.6 Å². The molecule has 0 heterocycles. The Labute approximate surface area is 85.7 Å². The molecule has 0 aromatic carbocycles. The fraction of sp³-hybridized carbons (Fsp3) is 0.800. The molecule has 0 radical (unpaired) electrons. The van der Waals surface area contributed by atoms with E-state index >= 15 is 0 Å². The number of hydrogen-bond acceptors (Lipinski definition) is 3. The summed E-state index contributed by atoms with van der Waals surface area (Å²) in [6, 6.07) is 2.07. The number of nitrogens with zero attached hydrogens (tertiary/aromatic N) is 1. The fourth-order valence-corrected chi connectivity index (χ4v) is 1.03. The maximum atomic E-state index is 11.6. The van der Waals surface area contributed by atoms with Gasteiger partial charge in [-0.15, -0.1) is 0 Å². The molecule has 0 rings (SSSR count). The summed E-state index contributed by atoms with van der Waals surface area (Å²) in [6.45, 7) is 8.53. The number of nitrogens with one attached hydrogen (secondary N) is 2. The van der Waals surface area contributed by atoms with Crippen molar-refractivity contribution in [2.45, 2.75) is 33.2 Å². The highest BCUT2D eigenvalue weighted by atomic mass is 16.2. The highest BCUT2D eigenvalue weighted by Gasteiger charge is 2.25. The van der Waals surface area contributed by atoms with Crippen molar-refractivity contribution in [2.24, 2.45) is 5.92 Å². The molecule has 1 amide bonds. The van der Waals surface area contributed by atoms with Crippen molar-refractivity contribution in [1.82, 2.24) is 10.6 Å². The van der Waals surface area contributed by atoms with Gasteiger partial charge in [-0.3, -0.25) is 4.79 Å². The average Bonchev–Trinajstić information content (AvgIpc) is 2.13. The SMILES string of the molecule is CCNC(C)(C)C(=O)NCC(C)C#N. The molecule has 1 atom stereocenters. The van der Waals surface area contributed by atoms with Crippen molar-refractivity contribution in [1.29, 1.82) is 5.26 Å². The monoisotopic (exact) mass is 197 g/mol. The second kappa shape index (κ2) is 5.61. The molecule has 0 aliphatic carbocycles. The van der Waals surface area contributed by atoms with E-state index < -0.39 is 5.54 Å². The van der Waals surface area contributed by atoms with E-state index in [1.807, 2.05) is 20.8 Å². The predicted octanol–water partition coefficient (Wildman–Crippen LogP) is 0.650. The Morgan fingerprint density at radius 3 is 2.57 bits per heavy atom. The highest BCUT2D eigenvalue weighted by molar-refractivity contribution is 5.85. The number of likely N-dealkylation sites (N-methyl/N-ethyl adjacent to an activating group) is 1. The molecule has 4 heteroatoms. The predicted molar refractivity (Wildman–Crippen MR) is 55.5 cm³/mol. The van der Waals surface area contributed by atoms with Crippen LogP contribution in [0.4, 0.5) is 0 Å². The first-order valence-corrected chi connectivity index (χ1v) is 4.87. The minimum Gasteiger partial charge on any atom is -0.353 e. The third kappa shape index (κ3) is 4.24. The van der Waals surface area contributed by atoms with Crippen LogP contribution in [0.15, 0.2) is 0 Å². The zero-order valence-electron chi connectivity index (χ0n) is 9.35. The van der Waals surface area contributed by atoms with Gasteiger partial charge in [0, 0.05) is 6.54 Å². The lowest BCUT2D eigenvalue weighted by Gasteiger charge is -2.24. The Bertz CT molecular complexity index is 230. The Hall–Kier alpha value is -1.08. The molecule has 0 aromatic rings. The summed E-state index contributed by atoms with van der Waals surface area (Å²) >= 11 is 0. The molecule has 0 aliphatic heterocycles. The minimum absolute atomic E-state index is 0.0681. The zero-order valence-corrected chi connectivity index (χ0v) is 9.35. The summed E-state index contributed by atoms with van der Waals surface area (Å²) in [6.07, 6.45) is 0. The molecule has 0 bridgehead atoms. The smallest absolute Gasteiger partial charge is 0.239 e. The van der Waals surface area contributed by atoms with Gasteiger partial charge in [-0.1, -0.05) is 6.92 Å². The van der Waals surface area contributed by atoms with E-state index in [4.69, 9.17) is 5.26 Å². The lowest BCUT2D eigenvalue weighted by molar-refractivity contribution is -0.126. The molecule has 0 spiro atoms. The van der Waals surface area contributed by atoms with Gasteiger partial charge in [0.25, 0.3) is 0 Å². The van der Waals surface area contributed by atoms with Crippen LogP contribution in [0.25, 0.3) is 0 Å². The van der Waals surface area contributed by atoms with Crippen molar-refractivity contribution < 1.29 is 4.79 Å². The minimum atomic E-state index is -0.566. The Morgan fingerprint density at radius 1 is 1.57 bits per heavy atom. The largest absolute Gasteiger partial charge is 0.353 e. The third-order valence-electron chi connectivity index (χ3n) is 1.98. The van der Waals surface area contributed by atoms with Crippen LogP contribution in [0, 0.1) is 17.2 Å². The van der Waals surface area contributed by atoms with E-state index in [1.54, 1.807) is 6.92 Å². The maximum absolute atomic E-state index is 11.6. The van der Waals surface area contributed by atoms with Gasteiger partial charge in [0.1, 0.15) is 0 Å². The van der Waals surface area contributed by atoms with E-state index in [1.165, 1.54) is 0 Å². The van der Waals surface area contributed by atoms with Crippen molar-refractivity contribution in [2.75, 3.05) is 13.1 Å². The number of amides is 1. The molecule has 1 unspecified atom stereocenters. The van der Waals surface area contributed by atoms with Gasteiger partial charge in [-0.25, -0.2) is 0 Å². The molecule has 80 valence electrons. The van der Waals surface area contributed by atoms with Gasteiger partial charge in [-0.05, 0) is 27.3 Å². The maximum Gasteiger partial charge on any atom is 0.239 e. The summed E-state index contributed by atoms with van der Waals surface area (Å²) in [5.41, 5.74) is -0.566. The Morgan fingerprint density at radius 2 is 2.14 bits per heavy atom. The van der Waals surface area contributed by atoms with Crippen LogP contribution in [0.1, 0.15) is 27.7 Å². The van der Waals surface area contributed by atoms with Gasteiger partial charge in [-0.2, -0.15) is 5.26 Å². The molecule has 4 nitrogen and oxygen atoms in total. The highest BCUT2D eigenvalue weighted by Crippen LogP contribution is 2.01. The van der Waals surface area contributed by atoms with Gasteiger partial charge >= 0.3 is 0 Å². The quantitative estimate of drug-likeness (QED) is 0.680. The summed E-state index contributed by atoms with van der Waals surface area (Å²) in [5.74, 6) is -0.210. The van der Waals surface area contributed by atoms with Crippen LogP contribution < -0.4 is 10.6 Å². The van der Waals surface area contributed by atoms with Crippen molar-refractivity contribution in [3.63, 3.8) is 0 Å². The summed E-state index contributed by atoms with van der Waals surface area (Å²) < 4.78 is 0. The van der Waals surface area contributed by atoms with Crippen LogP contribution >= 0.6 is 0 Å². The van der Waals surface area contributed by atoms with E-state index in [-0.39, 0.29) is 11.8 Å². The summed E-state index contributed by atoms with van der Waals surface area (Å²) in [7, 11) is 0. The Balaban J connectivity index is 4.02. The number of rotatable bonds is 5. The normalized spacial score (nSPS) is 13.1. The molecule has 0 saturated carbocycles. The van der Waals surface area contributed by atoms with Crippen molar-refractivity contribution in [3.05, 3.63) is 0 Å². The number of hydrogen-bond donors (Lipinski definition) is 2. The molecule has 0 aromatic heterocycles. The molecular weight excluding hydrogens is 178 g/mol. The standard InChI is InChI=1S/C10H19N3O/c1-5-13-10(3,4)9(14)12-7-8(2)6-11/h8,13H,5,7H2,1-4H3,(H,12,14). The molecule has 0 aliphatic rings. The molecule has 14 heavy (non-hydrogen) atoms. The van der Waals surface area contributed by atoms with E-state index in [0.717, 1.165) is 6.54 Å². The molecule has 0 saturated heterocycles. The average molecular weight is 197 g/mol. The fourth-order valence-electron chi connectivity index (χ4n) is 1.03. The lowest BCUT2D eigenvalue weighted by atomic mass is 10.0. The number of carbonyl (C=O) groups excluding carboxylic acids is 1. The number of carbonyl (C=O) groups is 1. The molecular formula is C10H19N3O.